The lowest BCUT2D eigenvalue weighted by atomic mass is 10.1. The van der Waals surface area contributed by atoms with Crippen molar-refractivity contribution in [1.82, 2.24) is 9.88 Å². The van der Waals surface area contributed by atoms with Crippen LogP contribution >= 0.6 is 11.3 Å². The fourth-order valence-corrected chi connectivity index (χ4v) is 3.15. The monoisotopic (exact) mass is 284 g/mol. The molecule has 1 aliphatic heterocycles. The zero-order valence-corrected chi connectivity index (χ0v) is 12.5. The highest BCUT2D eigenvalue weighted by Gasteiger charge is 2.35. The van der Waals surface area contributed by atoms with Crippen molar-refractivity contribution in [2.75, 3.05) is 31.2 Å². The highest BCUT2D eigenvalue weighted by Crippen LogP contribution is 2.28. The van der Waals surface area contributed by atoms with Crippen LogP contribution in [-0.4, -0.2) is 47.6 Å². The number of anilines is 2. The van der Waals surface area contributed by atoms with Gasteiger partial charge in [-0.15, -0.1) is 0 Å². The normalized spacial score (nSPS) is 22.3. The third-order valence-electron chi connectivity index (χ3n) is 2.92. The molecule has 1 aromatic rings. The molecule has 19 heavy (non-hydrogen) atoms. The molecule has 1 saturated heterocycles. The van der Waals surface area contributed by atoms with E-state index in [9.17, 15) is 4.79 Å². The second-order valence-corrected chi connectivity index (χ2v) is 6.36. The first kappa shape index (κ1) is 14.1. The lowest BCUT2D eigenvalue weighted by Gasteiger charge is -2.41. The van der Waals surface area contributed by atoms with Crippen molar-refractivity contribution in [2.45, 2.75) is 32.5 Å². The van der Waals surface area contributed by atoms with Crippen LogP contribution in [0.15, 0.2) is 0 Å². The number of carbonyl (C=O) groups is 1. The SMILES string of the molecule is CNc1nc(N)c(C(=O)N2CC(C)OC(C)(C)C2)s1. The van der Waals surface area contributed by atoms with Gasteiger partial charge in [0.1, 0.15) is 10.7 Å². The Balaban J connectivity index is 2.21. The second kappa shape index (κ2) is 4.97. The van der Waals surface area contributed by atoms with Crippen molar-refractivity contribution in [1.29, 1.82) is 0 Å². The molecule has 6 nitrogen and oxygen atoms in total. The number of thiazole rings is 1. The molecule has 2 rings (SSSR count). The standard InChI is InChI=1S/C12H20N4O2S/c1-7-5-16(6-12(2,3)18-7)10(17)8-9(13)15-11(14-4)19-8/h7H,5-6,13H2,1-4H3,(H,14,15). The predicted molar refractivity (Wildman–Crippen MR) is 76.6 cm³/mol. The summed E-state index contributed by atoms with van der Waals surface area (Å²) in [5.41, 5.74) is 5.47. The molecule has 2 heterocycles. The number of hydrogen-bond donors (Lipinski definition) is 2. The Morgan fingerprint density at radius 3 is 2.84 bits per heavy atom. The van der Waals surface area contributed by atoms with E-state index in [0.29, 0.717) is 23.1 Å². The van der Waals surface area contributed by atoms with Crippen molar-refractivity contribution in [3.63, 3.8) is 0 Å². The molecule has 7 heteroatoms. The van der Waals surface area contributed by atoms with Gasteiger partial charge in [-0.2, -0.15) is 0 Å². The molecular weight excluding hydrogens is 264 g/mol. The quantitative estimate of drug-likeness (QED) is 0.858. The Morgan fingerprint density at radius 1 is 1.63 bits per heavy atom. The number of nitrogens with one attached hydrogen (secondary N) is 1. The maximum absolute atomic E-state index is 12.5. The van der Waals surface area contributed by atoms with E-state index in [1.54, 1.807) is 11.9 Å². The highest BCUT2D eigenvalue weighted by molar-refractivity contribution is 7.18. The summed E-state index contributed by atoms with van der Waals surface area (Å²) < 4.78 is 5.80. The number of nitrogens with two attached hydrogens (primary N) is 1. The molecule has 106 valence electrons. The fraction of sp³-hybridized carbons (Fsp3) is 0.667. The van der Waals surface area contributed by atoms with Gasteiger partial charge in [0, 0.05) is 20.1 Å². The highest BCUT2D eigenvalue weighted by atomic mass is 32.1. The molecule has 0 saturated carbocycles. The molecule has 0 aromatic carbocycles. The third-order valence-corrected chi connectivity index (χ3v) is 3.99. The number of rotatable bonds is 2. The molecule has 0 spiro atoms. The zero-order valence-electron chi connectivity index (χ0n) is 11.7. The van der Waals surface area contributed by atoms with Gasteiger partial charge < -0.3 is 20.7 Å². The minimum atomic E-state index is -0.335. The van der Waals surface area contributed by atoms with Crippen LogP contribution in [0, 0.1) is 0 Å². The number of aromatic nitrogens is 1. The summed E-state index contributed by atoms with van der Waals surface area (Å²) in [6.07, 6.45) is 0.0191. The van der Waals surface area contributed by atoms with Gasteiger partial charge in [0.15, 0.2) is 5.13 Å². The van der Waals surface area contributed by atoms with E-state index >= 15 is 0 Å². The third kappa shape index (κ3) is 2.98. The zero-order chi connectivity index (χ0) is 14.2. The minimum absolute atomic E-state index is 0.0191. The van der Waals surface area contributed by atoms with E-state index < -0.39 is 0 Å². The first-order valence-corrected chi connectivity index (χ1v) is 7.05. The summed E-state index contributed by atoms with van der Waals surface area (Å²) in [4.78, 5) is 18.9. The van der Waals surface area contributed by atoms with E-state index in [-0.39, 0.29) is 23.4 Å². The van der Waals surface area contributed by atoms with Crippen molar-refractivity contribution in [3.05, 3.63) is 4.88 Å². The molecule has 3 N–H and O–H groups in total. The van der Waals surface area contributed by atoms with Crippen LogP contribution in [0.5, 0.6) is 0 Å². The predicted octanol–water partition coefficient (Wildman–Crippen LogP) is 1.41. The number of amides is 1. The van der Waals surface area contributed by atoms with Gasteiger partial charge in [0.2, 0.25) is 0 Å². The molecule has 0 bridgehead atoms. The first-order chi connectivity index (χ1) is 8.82. The number of carbonyl (C=O) groups excluding carboxylic acids is 1. The average molecular weight is 284 g/mol. The Bertz CT molecular complexity index is 486. The molecular formula is C12H20N4O2S. The molecule has 0 aliphatic carbocycles. The van der Waals surface area contributed by atoms with Crippen LogP contribution in [0.1, 0.15) is 30.4 Å². The molecule has 1 aliphatic rings. The summed E-state index contributed by atoms with van der Waals surface area (Å²) in [5, 5.41) is 3.56. The number of nitrogen functional groups attached to an aromatic ring is 1. The first-order valence-electron chi connectivity index (χ1n) is 6.23. The van der Waals surface area contributed by atoms with Crippen LogP contribution < -0.4 is 11.1 Å². The summed E-state index contributed by atoms with van der Waals surface area (Å²) in [7, 11) is 1.76. The van der Waals surface area contributed by atoms with Crippen LogP contribution in [0.25, 0.3) is 0 Å². The Hall–Kier alpha value is -1.34. The summed E-state index contributed by atoms with van der Waals surface area (Å²) in [6.45, 7) is 7.07. The second-order valence-electron chi connectivity index (χ2n) is 5.36. The average Bonchev–Trinajstić information content (AvgIpc) is 2.67. The van der Waals surface area contributed by atoms with E-state index in [4.69, 9.17) is 10.5 Å². The smallest absolute Gasteiger partial charge is 0.268 e. The van der Waals surface area contributed by atoms with Crippen molar-refractivity contribution < 1.29 is 9.53 Å². The maximum Gasteiger partial charge on any atom is 0.268 e. The summed E-state index contributed by atoms with van der Waals surface area (Å²) in [5.74, 6) is 0.219. The topological polar surface area (TPSA) is 80.5 Å². The van der Waals surface area contributed by atoms with Crippen LogP contribution in [0.3, 0.4) is 0 Å². The fourth-order valence-electron chi connectivity index (χ4n) is 2.34. The molecule has 1 amide bonds. The molecule has 1 fully saturated rings. The van der Waals surface area contributed by atoms with Crippen molar-refractivity contribution in [3.8, 4) is 0 Å². The number of morpholine rings is 1. The Labute approximate surface area is 116 Å². The number of hydrogen-bond acceptors (Lipinski definition) is 6. The van der Waals surface area contributed by atoms with Gasteiger partial charge in [-0.3, -0.25) is 4.79 Å². The van der Waals surface area contributed by atoms with Crippen LogP contribution in [0.4, 0.5) is 10.9 Å². The summed E-state index contributed by atoms with van der Waals surface area (Å²) in [6, 6.07) is 0. The van der Waals surface area contributed by atoms with Gasteiger partial charge in [-0.25, -0.2) is 4.98 Å². The molecule has 0 radical (unpaired) electrons. The Morgan fingerprint density at radius 2 is 2.32 bits per heavy atom. The minimum Gasteiger partial charge on any atom is -0.382 e. The van der Waals surface area contributed by atoms with E-state index in [1.165, 1.54) is 11.3 Å². The van der Waals surface area contributed by atoms with Gasteiger partial charge in [0.25, 0.3) is 5.91 Å². The lowest BCUT2D eigenvalue weighted by molar-refractivity contribution is -0.118. The van der Waals surface area contributed by atoms with Crippen LogP contribution in [0.2, 0.25) is 0 Å². The molecule has 1 aromatic heterocycles. The van der Waals surface area contributed by atoms with Crippen molar-refractivity contribution in [2.24, 2.45) is 0 Å². The number of ether oxygens (including phenoxy) is 1. The molecule has 1 unspecified atom stereocenters. The van der Waals surface area contributed by atoms with Crippen LogP contribution in [-0.2, 0) is 4.74 Å². The summed E-state index contributed by atoms with van der Waals surface area (Å²) >= 11 is 1.28. The Kier molecular flexibility index (Phi) is 3.69. The van der Waals surface area contributed by atoms with Gasteiger partial charge in [0.05, 0.1) is 11.7 Å². The largest absolute Gasteiger partial charge is 0.382 e. The van der Waals surface area contributed by atoms with Crippen molar-refractivity contribution >= 4 is 28.2 Å². The number of nitrogens with zero attached hydrogens (tertiary/aromatic N) is 2. The molecule has 1 atom stereocenters. The lowest BCUT2D eigenvalue weighted by Crippen LogP contribution is -2.53. The maximum atomic E-state index is 12.5. The van der Waals surface area contributed by atoms with E-state index in [0.717, 1.165) is 0 Å². The van der Waals surface area contributed by atoms with Gasteiger partial charge >= 0.3 is 0 Å². The van der Waals surface area contributed by atoms with E-state index in [2.05, 4.69) is 10.3 Å². The van der Waals surface area contributed by atoms with Gasteiger partial charge in [-0.1, -0.05) is 11.3 Å². The van der Waals surface area contributed by atoms with Gasteiger partial charge in [-0.05, 0) is 20.8 Å². The van der Waals surface area contributed by atoms with E-state index in [1.807, 2.05) is 20.8 Å².